The summed E-state index contributed by atoms with van der Waals surface area (Å²) in [7, 11) is 0. The van der Waals surface area contributed by atoms with Crippen LogP contribution in [0.3, 0.4) is 0 Å². The van der Waals surface area contributed by atoms with Crippen LogP contribution >= 0.6 is 0 Å². The van der Waals surface area contributed by atoms with E-state index in [2.05, 4.69) is 112 Å². The average Bonchev–Trinajstić information content (AvgIpc) is 3.28. The highest BCUT2D eigenvalue weighted by Gasteiger charge is 2.36. The Kier molecular flexibility index (Phi) is 3.83. The number of aromatic nitrogens is 5. The van der Waals surface area contributed by atoms with Crippen molar-refractivity contribution in [2.45, 2.75) is 19.3 Å². The van der Waals surface area contributed by atoms with Gasteiger partial charge in [0.25, 0.3) is 0 Å². The summed E-state index contributed by atoms with van der Waals surface area (Å²) in [6, 6.07) is 28.3. The number of nitrogens with zero attached hydrogens (tertiary/aromatic N) is 5. The second-order valence-electron chi connectivity index (χ2n) is 9.32. The van der Waals surface area contributed by atoms with E-state index >= 15 is 0 Å². The minimum Gasteiger partial charge on any atom is -0.289 e. The summed E-state index contributed by atoms with van der Waals surface area (Å²) >= 11 is 0. The summed E-state index contributed by atoms with van der Waals surface area (Å²) in [6.45, 7) is 4.59. The zero-order valence-electron chi connectivity index (χ0n) is 18.9. The second kappa shape index (κ2) is 6.81. The monoisotopic (exact) mass is 439 g/mol. The summed E-state index contributed by atoms with van der Waals surface area (Å²) in [4.78, 5) is 17.7. The fraction of sp³-hybridized carbons (Fsp3) is 0.103. The predicted molar refractivity (Wildman–Crippen MR) is 135 cm³/mol. The Morgan fingerprint density at radius 3 is 2.32 bits per heavy atom. The van der Waals surface area contributed by atoms with Gasteiger partial charge in [-0.15, -0.1) is 0 Å². The van der Waals surface area contributed by atoms with Gasteiger partial charge < -0.3 is 0 Å². The molecule has 0 saturated heterocycles. The van der Waals surface area contributed by atoms with Gasteiger partial charge in [0.1, 0.15) is 12.7 Å². The SMILES string of the molecule is CC1(C)c2cc(-c3ccc4ccccc4c3)ccc2-n2c(-c3ncncn3)nc3cccc1c32. The lowest BCUT2D eigenvalue weighted by Gasteiger charge is -2.34. The molecule has 162 valence electrons. The Morgan fingerprint density at radius 2 is 1.47 bits per heavy atom. The first-order chi connectivity index (χ1) is 16.6. The number of hydrogen-bond donors (Lipinski definition) is 0. The molecule has 0 N–H and O–H groups in total. The van der Waals surface area contributed by atoms with E-state index in [1.807, 2.05) is 0 Å². The predicted octanol–water partition coefficient (Wildman–Crippen LogP) is 6.34. The van der Waals surface area contributed by atoms with Crippen LogP contribution in [0.5, 0.6) is 0 Å². The van der Waals surface area contributed by atoms with Crippen molar-refractivity contribution in [3.05, 3.63) is 103 Å². The quantitative estimate of drug-likeness (QED) is 0.316. The third-order valence-electron chi connectivity index (χ3n) is 7.04. The molecular weight excluding hydrogens is 418 g/mol. The third kappa shape index (κ3) is 2.61. The normalized spacial score (nSPS) is 13.8. The van der Waals surface area contributed by atoms with Crippen molar-refractivity contribution in [1.29, 1.82) is 0 Å². The molecule has 0 fully saturated rings. The molecule has 2 aromatic heterocycles. The summed E-state index contributed by atoms with van der Waals surface area (Å²) in [5.41, 5.74) is 7.92. The number of hydrogen-bond acceptors (Lipinski definition) is 4. The van der Waals surface area contributed by atoms with Crippen molar-refractivity contribution < 1.29 is 0 Å². The van der Waals surface area contributed by atoms with Crippen LogP contribution in [0.25, 0.3) is 50.3 Å². The van der Waals surface area contributed by atoms with E-state index in [0.717, 1.165) is 22.5 Å². The van der Waals surface area contributed by atoms with E-state index in [-0.39, 0.29) is 5.41 Å². The molecule has 0 radical (unpaired) electrons. The molecule has 0 amide bonds. The number of para-hydroxylation sites is 1. The van der Waals surface area contributed by atoms with Crippen LogP contribution in [0.15, 0.2) is 91.5 Å². The third-order valence-corrected chi connectivity index (χ3v) is 7.04. The largest absolute Gasteiger partial charge is 0.289 e. The van der Waals surface area contributed by atoms with Gasteiger partial charge >= 0.3 is 0 Å². The number of benzene rings is 4. The Bertz CT molecular complexity index is 1730. The molecule has 0 aliphatic carbocycles. The van der Waals surface area contributed by atoms with E-state index in [1.54, 1.807) is 0 Å². The van der Waals surface area contributed by atoms with Gasteiger partial charge in [-0.3, -0.25) is 4.57 Å². The molecule has 6 aromatic rings. The molecule has 0 unspecified atom stereocenters. The zero-order chi connectivity index (χ0) is 22.9. The van der Waals surface area contributed by atoms with E-state index in [0.29, 0.717) is 5.82 Å². The molecule has 0 saturated carbocycles. The molecule has 1 aliphatic heterocycles. The van der Waals surface area contributed by atoms with Crippen LogP contribution < -0.4 is 0 Å². The molecule has 7 rings (SSSR count). The number of imidazole rings is 1. The molecule has 3 heterocycles. The van der Waals surface area contributed by atoms with Gasteiger partial charge in [-0.05, 0) is 57.3 Å². The van der Waals surface area contributed by atoms with Gasteiger partial charge in [0, 0.05) is 5.41 Å². The molecule has 0 atom stereocenters. The topological polar surface area (TPSA) is 56.5 Å². The zero-order valence-corrected chi connectivity index (χ0v) is 18.9. The number of fused-ring (bicyclic) bond motifs is 3. The fourth-order valence-corrected chi connectivity index (χ4v) is 5.30. The standard InChI is InChI=1S/C29H21N5/c1-29(2)22-8-5-9-24-26(22)34(28(33-24)27-31-16-30-17-32-27)25-13-12-21(15-23(25)29)20-11-10-18-6-3-4-7-19(18)14-20/h3-17H,1-2H3. The Labute approximate surface area is 196 Å². The molecule has 34 heavy (non-hydrogen) atoms. The molecule has 4 aromatic carbocycles. The van der Waals surface area contributed by atoms with Gasteiger partial charge in [-0.2, -0.15) is 0 Å². The Balaban J connectivity index is 1.50. The van der Waals surface area contributed by atoms with Crippen LogP contribution in [0.1, 0.15) is 25.0 Å². The average molecular weight is 440 g/mol. The maximum Gasteiger partial charge on any atom is 0.199 e. The highest BCUT2D eigenvalue weighted by molar-refractivity contribution is 5.91. The van der Waals surface area contributed by atoms with Crippen molar-refractivity contribution in [2.75, 3.05) is 0 Å². The molecule has 1 aliphatic rings. The van der Waals surface area contributed by atoms with E-state index < -0.39 is 0 Å². The minimum absolute atomic E-state index is 0.186. The molecule has 0 spiro atoms. The maximum absolute atomic E-state index is 4.94. The lowest BCUT2D eigenvalue weighted by atomic mass is 9.74. The smallest absolute Gasteiger partial charge is 0.199 e. The lowest BCUT2D eigenvalue weighted by molar-refractivity contribution is 0.629. The fourth-order valence-electron chi connectivity index (χ4n) is 5.30. The summed E-state index contributed by atoms with van der Waals surface area (Å²) in [5.74, 6) is 1.31. The Morgan fingerprint density at radius 1 is 0.706 bits per heavy atom. The van der Waals surface area contributed by atoms with Crippen LogP contribution in [0.2, 0.25) is 0 Å². The van der Waals surface area contributed by atoms with Gasteiger partial charge in [-0.25, -0.2) is 19.9 Å². The molecule has 5 heteroatoms. The van der Waals surface area contributed by atoms with E-state index in [4.69, 9.17) is 4.98 Å². The second-order valence-corrected chi connectivity index (χ2v) is 9.32. The maximum atomic E-state index is 4.94. The van der Waals surface area contributed by atoms with Crippen molar-refractivity contribution in [2.24, 2.45) is 0 Å². The molecule has 5 nitrogen and oxygen atoms in total. The first-order valence-corrected chi connectivity index (χ1v) is 11.4. The highest BCUT2D eigenvalue weighted by atomic mass is 15.1. The van der Waals surface area contributed by atoms with Crippen LogP contribution in [-0.2, 0) is 5.41 Å². The van der Waals surface area contributed by atoms with Gasteiger partial charge in [0.15, 0.2) is 11.6 Å². The first-order valence-electron chi connectivity index (χ1n) is 11.4. The molecule has 0 bridgehead atoms. The first kappa shape index (κ1) is 19.1. The highest BCUT2D eigenvalue weighted by Crippen LogP contribution is 2.46. The summed E-state index contributed by atoms with van der Waals surface area (Å²) in [5, 5.41) is 2.50. The van der Waals surface area contributed by atoms with Crippen LogP contribution in [0.4, 0.5) is 0 Å². The van der Waals surface area contributed by atoms with Gasteiger partial charge in [0.2, 0.25) is 0 Å². The Hall–Kier alpha value is -4.38. The van der Waals surface area contributed by atoms with Crippen LogP contribution in [-0.4, -0.2) is 24.5 Å². The van der Waals surface area contributed by atoms with Gasteiger partial charge in [-0.1, -0.05) is 68.4 Å². The molecular formula is C29H21N5. The van der Waals surface area contributed by atoms with E-state index in [9.17, 15) is 0 Å². The summed E-state index contributed by atoms with van der Waals surface area (Å²) < 4.78 is 2.21. The lowest BCUT2D eigenvalue weighted by Crippen LogP contribution is -2.26. The van der Waals surface area contributed by atoms with Crippen molar-refractivity contribution in [3.63, 3.8) is 0 Å². The summed E-state index contributed by atoms with van der Waals surface area (Å²) in [6.07, 6.45) is 3.04. The van der Waals surface area contributed by atoms with Crippen LogP contribution in [0, 0.1) is 0 Å². The number of rotatable bonds is 2. The van der Waals surface area contributed by atoms with Crippen molar-refractivity contribution in [1.82, 2.24) is 24.5 Å². The van der Waals surface area contributed by atoms with E-state index in [1.165, 1.54) is 45.7 Å². The van der Waals surface area contributed by atoms with Crippen molar-refractivity contribution in [3.8, 4) is 28.5 Å². The van der Waals surface area contributed by atoms with Crippen molar-refractivity contribution >= 4 is 21.8 Å². The minimum atomic E-state index is -0.186. The van der Waals surface area contributed by atoms with Gasteiger partial charge in [0.05, 0.1) is 16.7 Å².